The summed E-state index contributed by atoms with van der Waals surface area (Å²) in [7, 11) is 0. The average Bonchev–Trinajstić information content (AvgIpc) is 3.53. The minimum absolute atomic E-state index is 0. The SMILES string of the molecule is OC(CC[C]1[CH][CH][CH][CH]1)([C]1[CH][CH][CH][CH]1)C(O)(CC[C]1[CH][CH][CH][CH]1)[C]1[CH][CH][CH][CH]1.[Fe+2].[Fe+2]. The largest absolute Gasteiger partial charge is 2.00 e. The van der Waals surface area contributed by atoms with Gasteiger partial charge in [-0.3, -0.25) is 0 Å². The van der Waals surface area contributed by atoms with Crippen molar-refractivity contribution in [1.29, 1.82) is 0 Å². The van der Waals surface area contributed by atoms with Crippen LogP contribution in [0.4, 0.5) is 0 Å². The molecule has 0 aliphatic heterocycles. The topological polar surface area (TPSA) is 40.5 Å². The van der Waals surface area contributed by atoms with E-state index in [1.807, 2.05) is 77.0 Å². The zero-order valence-electron chi connectivity index (χ0n) is 16.7. The Balaban J connectivity index is 0.00000160. The summed E-state index contributed by atoms with van der Waals surface area (Å²) in [5.74, 6) is 3.88. The fourth-order valence-corrected chi connectivity index (χ4v) is 4.29. The van der Waals surface area contributed by atoms with Crippen molar-refractivity contribution in [3.63, 3.8) is 0 Å². The van der Waals surface area contributed by atoms with Crippen molar-refractivity contribution < 1.29 is 44.4 Å². The van der Waals surface area contributed by atoms with Crippen LogP contribution in [0.25, 0.3) is 0 Å². The fraction of sp³-hybridized carbons (Fsp3) is 0.231. The van der Waals surface area contributed by atoms with E-state index >= 15 is 0 Å². The van der Waals surface area contributed by atoms with E-state index in [1.165, 1.54) is 11.8 Å². The second kappa shape index (κ2) is 12.4. The summed E-state index contributed by atoms with van der Waals surface area (Å²) in [5.41, 5.74) is -2.76. The van der Waals surface area contributed by atoms with Gasteiger partial charge in [-0.05, 0) is 140 Å². The molecule has 0 bridgehead atoms. The predicted octanol–water partition coefficient (Wildman–Crippen LogP) is 3.63. The van der Waals surface area contributed by atoms with Crippen molar-refractivity contribution in [1.82, 2.24) is 0 Å². The molecule has 0 heterocycles. The average molecular weight is 482 g/mol. The maximum Gasteiger partial charge on any atom is 2.00 e. The molecule has 0 aromatic rings. The summed E-state index contributed by atoms with van der Waals surface area (Å²) >= 11 is 0. The monoisotopic (exact) mass is 482 g/mol. The van der Waals surface area contributed by atoms with Crippen LogP contribution in [0.2, 0.25) is 0 Å². The molecule has 30 heavy (non-hydrogen) atoms. The first-order valence-corrected chi connectivity index (χ1v) is 9.92. The van der Waals surface area contributed by atoms with E-state index in [9.17, 15) is 10.2 Å². The van der Waals surface area contributed by atoms with E-state index < -0.39 is 11.2 Å². The van der Waals surface area contributed by atoms with Gasteiger partial charge in [-0.1, -0.05) is 0 Å². The Labute approximate surface area is 207 Å². The van der Waals surface area contributed by atoms with Crippen molar-refractivity contribution in [3.8, 4) is 0 Å². The Hall–Kier alpha value is 0.959. The standard InChI is InChI=1S/C26H26O2.2Fe/c27-25(23-13-5-6-14-23,19-17-21-9-1-2-10-21)26(28,24-15-7-8-16-24)20-18-22-11-3-4-12-22;;/h1-16,27-28H,17-20H2;;/q;2*+2. The van der Waals surface area contributed by atoms with Gasteiger partial charge in [0.2, 0.25) is 0 Å². The number of hydrogen-bond acceptors (Lipinski definition) is 2. The number of hydrogen-bond donors (Lipinski definition) is 2. The molecule has 2 unspecified atom stereocenters. The third-order valence-electron chi connectivity index (χ3n) is 5.98. The fourth-order valence-electron chi connectivity index (χ4n) is 4.29. The first-order chi connectivity index (χ1) is 13.6. The molecule has 154 valence electrons. The van der Waals surface area contributed by atoms with Crippen molar-refractivity contribution in [3.05, 3.63) is 126 Å². The second-order valence-corrected chi connectivity index (χ2v) is 7.65. The first kappa shape index (κ1) is 27.2. The molecule has 0 spiro atoms. The Morgan fingerprint density at radius 1 is 0.467 bits per heavy atom. The van der Waals surface area contributed by atoms with Crippen LogP contribution in [0.5, 0.6) is 0 Å². The van der Waals surface area contributed by atoms with Gasteiger partial charge in [0.1, 0.15) is 11.2 Å². The summed E-state index contributed by atoms with van der Waals surface area (Å²) < 4.78 is 0. The summed E-state index contributed by atoms with van der Waals surface area (Å²) in [5, 5.41) is 24.1. The quantitative estimate of drug-likeness (QED) is 0.494. The van der Waals surface area contributed by atoms with Crippen LogP contribution in [0.1, 0.15) is 25.7 Å². The molecular formula is C26H26Fe2O2+4. The molecule has 4 aliphatic rings. The molecule has 0 aromatic heterocycles. The van der Waals surface area contributed by atoms with Gasteiger partial charge >= 0.3 is 34.1 Å². The van der Waals surface area contributed by atoms with Crippen molar-refractivity contribution in [2.24, 2.45) is 0 Å². The normalized spacial score (nSPS) is 28.2. The molecule has 4 heteroatoms. The Morgan fingerprint density at radius 2 is 0.733 bits per heavy atom. The van der Waals surface area contributed by atoms with Crippen LogP contribution in [0.15, 0.2) is 0 Å². The zero-order valence-corrected chi connectivity index (χ0v) is 18.9. The van der Waals surface area contributed by atoms with Gasteiger partial charge in [0, 0.05) is 11.8 Å². The van der Waals surface area contributed by atoms with Crippen LogP contribution in [0, 0.1) is 126 Å². The minimum Gasteiger partial charge on any atom is -0.386 e. The van der Waals surface area contributed by atoms with E-state index in [-0.39, 0.29) is 34.1 Å². The third kappa shape index (κ3) is 5.90. The molecule has 0 saturated heterocycles. The van der Waals surface area contributed by atoms with Crippen molar-refractivity contribution in [2.45, 2.75) is 36.9 Å². The van der Waals surface area contributed by atoms with E-state index in [2.05, 4.69) is 25.7 Å². The molecule has 2 nitrogen and oxygen atoms in total. The molecule has 4 aliphatic carbocycles. The molecule has 0 amide bonds. The molecule has 4 saturated carbocycles. The van der Waals surface area contributed by atoms with E-state index in [0.29, 0.717) is 25.7 Å². The van der Waals surface area contributed by atoms with Gasteiger partial charge in [0.05, 0.1) is 0 Å². The molecule has 4 rings (SSSR count). The van der Waals surface area contributed by atoms with Gasteiger partial charge in [-0.15, -0.1) is 0 Å². The molecule has 2 N–H and O–H groups in total. The van der Waals surface area contributed by atoms with Gasteiger partial charge < -0.3 is 10.2 Å². The molecule has 2 atom stereocenters. The zero-order chi connectivity index (χ0) is 19.5. The second-order valence-electron chi connectivity index (χ2n) is 7.65. The Bertz CT molecular complexity index is 433. The molecule has 0 aromatic carbocycles. The van der Waals surface area contributed by atoms with E-state index in [4.69, 9.17) is 0 Å². The van der Waals surface area contributed by atoms with Crippen molar-refractivity contribution >= 4 is 0 Å². The maximum absolute atomic E-state index is 12.0. The molecule has 4 fully saturated rings. The molecular weight excluding hydrogens is 456 g/mol. The van der Waals surface area contributed by atoms with Crippen LogP contribution >= 0.6 is 0 Å². The smallest absolute Gasteiger partial charge is 0.386 e. The maximum atomic E-state index is 12.0. The Morgan fingerprint density at radius 3 is 1.03 bits per heavy atom. The van der Waals surface area contributed by atoms with Crippen LogP contribution < -0.4 is 0 Å². The van der Waals surface area contributed by atoms with Gasteiger partial charge in [-0.25, -0.2) is 0 Å². The number of rotatable bonds is 9. The summed E-state index contributed by atoms with van der Waals surface area (Å²) in [4.78, 5) is 0. The van der Waals surface area contributed by atoms with Crippen LogP contribution in [0.3, 0.4) is 0 Å². The predicted molar refractivity (Wildman–Crippen MR) is 110 cm³/mol. The summed E-state index contributed by atoms with van der Waals surface area (Å²) in [6.45, 7) is 0. The minimum atomic E-state index is -1.38. The number of aliphatic hydroxyl groups is 2. The van der Waals surface area contributed by atoms with E-state index in [0.717, 1.165) is 11.8 Å². The first-order valence-electron chi connectivity index (χ1n) is 9.92. The third-order valence-corrected chi connectivity index (χ3v) is 5.98. The summed E-state index contributed by atoms with van der Waals surface area (Å²) in [6, 6.07) is 0. The Kier molecular flexibility index (Phi) is 11.3. The van der Waals surface area contributed by atoms with Gasteiger partial charge in [0.15, 0.2) is 0 Å². The van der Waals surface area contributed by atoms with Gasteiger partial charge in [0.25, 0.3) is 0 Å². The van der Waals surface area contributed by atoms with Crippen molar-refractivity contribution in [2.75, 3.05) is 0 Å². The van der Waals surface area contributed by atoms with Crippen LogP contribution in [-0.4, -0.2) is 21.4 Å². The van der Waals surface area contributed by atoms with E-state index in [1.54, 1.807) is 0 Å². The molecule has 20 radical (unpaired) electrons. The summed E-state index contributed by atoms with van der Waals surface area (Å²) in [6.07, 6.45) is 34.0. The van der Waals surface area contributed by atoms with Crippen LogP contribution in [-0.2, 0) is 34.1 Å². The van der Waals surface area contributed by atoms with Gasteiger partial charge in [-0.2, -0.15) is 0 Å².